The predicted octanol–water partition coefficient (Wildman–Crippen LogP) is 0.553. The molecule has 92 valence electrons. The van der Waals surface area contributed by atoms with Crippen molar-refractivity contribution in [2.24, 2.45) is 0 Å². The molecule has 0 saturated carbocycles. The van der Waals surface area contributed by atoms with Crippen LogP contribution in [-0.2, 0) is 4.79 Å². The highest BCUT2D eigenvalue weighted by atomic mass is 16.2. The van der Waals surface area contributed by atoms with E-state index in [2.05, 4.69) is 10.2 Å². The summed E-state index contributed by atoms with van der Waals surface area (Å²) in [6.07, 6.45) is 0. The second-order valence-electron chi connectivity index (χ2n) is 4.47. The number of anilines is 1. The summed E-state index contributed by atoms with van der Waals surface area (Å²) in [5.74, 6) is 0.172. The van der Waals surface area contributed by atoms with Crippen LogP contribution in [0.25, 0.3) is 0 Å². The summed E-state index contributed by atoms with van der Waals surface area (Å²) in [6, 6.07) is 10.2. The molecule has 0 radical (unpaired) electrons. The molecule has 1 aliphatic rings. The van der Waals surface area contributed by atoms with Crippen LogP contribution >= 0.6 is 0 Å². The van der Waals surface area contributed by atoms with E-state index in [0.29, 0.717) is 12.6 Å². The van der Waals surface area contributed by atoms with E-state index in [9.17, 15) is 4.79 Å². The van der Waals surface area contributed by atoms with Gasteiger partial charge in [-0.2, -0.15) is 0 Å². The molecular formula is C13H19N3O. The number of carbonyl (C=O) groups is 1. The monoisotopic (exact) mass is 233 g/mol. The Hall–Kier alpha value is -1.39. The van der Waals surface area contributed by atoms with Crippen molar-refractivity contribution in [3.05, 3.63) is 30.3 Å². The summed E-state index contributed by atoms with van der Waals surface area (Å²) in [5.41, 5.74) is 0.992. The van der Waals surface area contributed by atoms with Crippen molar-refractivity contribution in [3.63, 3.8) is 0 Å². The van der Waals surface area contributed by atoms with E-state index >= 15 is 0 Å². The van der Waals surface area contributed by atoms with Crippen molar-refractivity contribution in [2.75, 3.05) is 38.6 Å². The van der Waals surface area contributed by atoms with Gasteiger partial charge in [-0.05, 0) is 26.2 Å². The van der Waals surface area contributed by atoms with Gasteiger partial charge in [0.25, 0.3) is 0 Å². The van der Waals surface area contributed by atoms with Crippen LogP contribution in [0.2, 0.25) is 0 Å². The number of nitrogens with one attached hydrogen (secondary N) is 1. The van der Waals surface area contributed by atoms with Crippen LogP contribution in [0.15, 0.2) is 30.3 Å². The lowest BCUT2D eigenvalue weighted by atomic mass is 10.1. The Kier molecular flexibility index (Phi) is 3.76. The van der Waals surface area contributed by atoms with Gasteiger partial charge in [0.2, 0.25) is 5.91 Å². The lowest BCUT2D eigenvalue weighted by Gasteiger charge is -2.39. The molecule has 0 spiro atoms. The van der Waals surface area contributed by atoms with Crippen molar-refractivity contribution >= 4 is 11.6 Å². The average Bonchev–Trinajstić information content (AvgIpc) is 2.34. The fourth-order valence-electron chi connectivity index (χ4n) is 2.19. The van der Waals surface area contributed by atoms with E-state index in [1.54, 1.807) is 0 Å². The number of hydrogen-bond acceptors (Lipinski definition) is 3. The van der Waals surface area contributed by atoms with E-state index in [1.807, 2.05) is 49.3 Å². The van der Waals surface area contributed by atoms with Gasteiger partial charge in [0.1, 0.15) is 0 Å². The minimum atomic E-state index is 0.172. The molecule has 1 unspecified atom stereocenters. The van der Waals surface area contributed by atoms with Gasteiger partial charge in [0, 0.05) is 24.8 Å². The standard InChI is InChI=1S/C13H19N3O/c1-14-8-12-9-16(13(17)10-15(12)2)11-6-4-3-5-7-11/h3-7,12,14H,8-10H2,1-2H3. The molecular weight excluding hydrogens is 214 g/mol. The Bertz CT molecular complexity index is 380. The molecule has 0 aliphatic carbocycles. The molecule has 1 aromatic rings. The van der Waals surface area contributed by atoms with Crippen molar-refractivity contribution in [1.82, 2.24) is 10.2 Å². The third-order valence-electron chi connectivity index (χ3n) is 3.21. The van der Waals surface area contributed by atoms with Crippen LogP contribution in [0.3, 0.4) is 0 Å². The highest BCUT2D eigenvalue weighted by Gasteiger charge is 2.29. The van der Waals surface area contributed by atoms with Gasteiger partial charge in [-0.15, -0.1) is 0 Å². The zero-order chi connectivity index (χ0) is 12.3. The Morgan fingerprint density at radius 1 is 1.35 bits per heavy atom. The first-order chi connectivity index (χ1) is 8.22. The number of rotatable bonds is 3. The van der Waals surface area contributed by atoms with Crippen molar-refractivity contribution in [3.8, 4) is 0 Å². The zero-order valence-corrected chi connectivity index (χ0v) is 10.4. The minimum absolute atomic E-state index is 0.172. The van der Waals surface area contributed by atoms with Gasteiger partial charge in [0.15, 0.2) is 0 Å². The molecule has 1 aromatic carbocycles. The number of carbonyl (C=O) groups excluding carboxylic acids is 1. The zero-order valence-electron chi connectivity index (χ0n) is 10.4. The number of para-hydroxylation sites is 1. The largest absolute Gasteiger partial charge is 0.318 e. The Morgan fingerprint density at radius 3 is 2.71 bits per heavy atom. The van der Waals surface area contributed by atoms with Crippen molar-refractivity contribution < 1.29 is 4.79 Å². The third-order valence-corrected chi connectivity index (χ3v) is 3.21. The summed E-state index contributed by atoms with van der Waals surface area (Å²) in [7, 11) is 3.94. The minimum Gasteiger partial charge on any atom is -0.318 e. The van der Waals surface area contributed by atoms with E-state index in [1.165, 1.54) is 0 Å². The lowest BCUT2D eigenvalue weighted by Crippen LogP contribution is -2.57. The van der Waals surface area contributed by atoms with Gasteiger partial charge < -0.3 is 10.2 Å². The van der Waals surface area contributed by atoms with Crippen molar-refractivity contribution in [1.29, 1.82) is 0 Å². The van der Waals surface area contributed by atoms with Crippen LogP contribution in [0.4, 0.5) is 5.69 Å². The SMILES string of the molecule is CNCC1CN(c2ccccc2)C(=O)CN1C. The molecule has 0 bridgehead atoms. The molecule has 2 rings (SSSR count). The maximum absolute atomic E-state index is 12.0. The lowest BCUT2D eigenvalue weighted by molar-refractivity contribution is -0.121. The molecule has 1 amide bonds. The molecule has 1 fully saturated rings. The quantitative estimate of drug-likeness (QED) is 0.828. The summed E-state index contributed by atoms with van der Waals surface area (Å²) in [6.45, 7) is 2.13. The second kappa shape index (κ2) is 5.29. The fourth-order valence-corrected chi connectivity index (χ4v) is 2.19. The molecule has 4 nitrogen and oxygen atoms in total. The maximum atomic E-state index is 12.0. The van der Waals surface area contributed by atoms with Crippen LogP contribution in [-0.4, -0.2) is 50.6 Å². The van der Waals surface area contributed by atoms with E-state index < -0.39 is 0 Å². The average molecular weight is 233 g/mol. The highest BCUT2D eigenvalue weighted by molar-refractivity contribution is 5.95. The summed E-state index contributed by atoms with van der Waals surface area (Å²) >= 11 is 0. The molecule has 1 N–H and O–H groups in total. The molecule has 0 aromatic heterocycles. The first-order valence-corrected chi connectivity index (χ1v) is 5.92. The summed E-state index contributed by atoms with van der Waals surface area (Å²) in [4.78, 5) is 16.0. The van der Waals surface area contributed by atoms with Crippen LogP contribution in [0, 0.1) is 0 Å². The highest BCUT2D eigenvalue weighted by Crippen LogP contribution is 2.18. The van der Waals surface area contributed by atoms with E-state index in [0.717, 1.165) is 18.8 Å². The number of piperazine rings is 1. The topological polar surface area (TPSA) is 35.6 Å². The van der Waals surface area contributed by atoms with Gasteiger partial charge in [-0.25, -0.2) is 0 Å². The van der Waals surface area contributed by atoms with Crippen LogP contribution in [0.1, 0.15) is 0 Å². The molecule has 1 aliphatic heterocycles. The van der Waals surface area contributed by atoms with Gasteiger partial charge in [0.05, 0.1) is 6.54 Å². The number of amides is 1. The van der Waals surface area contributed by atoms with E-state index in [-0.39, 0.29) is 5.91 Å². The molecule has 1 atom stereocenters. The summed E-state index contributed by atoms with van der Waals surface area (Å²) < 4.78 is 0. The van der Waals surface area contributed by atoms with Gasteiger partial charge in [-0.3, -0.25) is 9.69 Å². The first kappa shape index (κ1) is 12.1. The maximum Gasteiger partial charge on any atom is 0.241 e. The first-order valence-electron chi connectivity index (χ1n) is 5.92. The van der Waals surface area contributed by atoms with Crippen LogP contribution < -0.4 is 10.2 Å². The predicted molar refractivity (Wildman–Crippen MR) is 69.1 cm³/mol. The molecule has 1 saturated heterocycles. The molecule has 1 heterocycles. The Morgan fingerprint density at radius 2 is 2.06 bits per heavy atom. The van der Waals surface area contributed by atoms with E-state index in [4.69, 9.17) is 0 Å². The second-order valence-corrected chi connectivity index (χ2v) is 4.47. The number of likely N-dealkylation sites (N-methyl/N-ethyl adjacent to an activating group) is 2. The van der Waals surface area contributed by atoms with Crippen molar-refractivity contribution in [2.45, 2.75) is 6.04 Å². The number of benzene rings is 1. The van der Waals surface area contributed by atoms with Gasteiger partial charge in [-0.1, -0.05) is 18.2 Å². The molecule has 17 heavy (non-hydrogen) atoms. The summed E-state index contributed by atoms with van der Waals surface area (Å²) in [5, 5.41) is 3.18. The molecule has 4 heteroatoms. The third kappa shape index (κ3) is 2.65. The fraction of sp³-hybridized carbons (Fsp3) is 0.462. The number of nitrogens with zero attached hydrogens (tertiary/aromatic N) is 2. The Balaban J connectivity index is 2.15. The number of hydrogen-bond donors (Lipinski definition) is 1. The normalized spacial score (nSPS) is 21.9. The smallest absolute Gasteiger partial charge is 0.241 e. The Labute approximate surface area is 102 Å². The van der Waals surface area contributed by atoms with Gasteiger partial charge >= 0.3 is 0 Å². The van der Waals surface area contributed by atoms with Crippen LogP contribution in [0.5, 0.6) is 0 Å².